The molecule has 0 saturated carbocycles. The molecule has 8 aromatic carbocycles. The lowest BCUT2D eigenvalue weighted by Gasteiger charge is -2.28. The van der Waals surface area contributed by atoms with Crippen LogP contribution in [0.25, 0.3) is 85.2 Å². The Hall–Kier alpha value is -6.53. The molecule has 0 aliphatic rings. The number of hydrogen-bond donors (Lipinski definition) is 0. The third-order valence-electron chi connectivity index (χ3n) is 10.3. The first kappa shape index (κ1) is 31.0. The number of aromatic nitrogens is 1. The predicted molar refractivity (Wildman–Crippen MR) is 231 cm³/mol. The highest BCUT2D eigenvalue weighted by atomic mass is 32.1. The highest BCUT2D eigenvalue weighted by Gasteiger charge is 2.22. The molecule has 0 unspecified atom stereocenters. The summed E-state index contributed by atoms with van der Waals surface area (Å²) in [4.78, 5) is 7.44. The summed E-state index contributed by atoms with van der Waals surface area (Å²) in [6, 6.07) is 65.0. The summed E-state index contributed by atoms with van der Waals surface area (Å²) < 4.78 is 11.6. The van der Waals surface area contributed by atoms with Gasteiger partial charge >= 0.3 is 0 Å². The molecular weight excluding hydrogens is 697 g/mol. The quantitative estimate of drug-likeness (QED) is 0.171. The molecule has 0 bridgehead atoms. The van der Waals surface area contributed by atoms with E-state index in [1.54, 1.807) is 0 Å². The molecule has 0 aliphatic heterocycles. The standard InChI is InChI=1S/C49H30N2OS2/c1-3-13-31(14-4-1)36-17-7-10-20-42(36)51(35-27-28-45-40(29-35)37-18-8-11-21-43(37)53-45)34-25-23-32(24-26-34)39-30-41-47(52-49(50-41)33-15-5-2-6-16-33)46-38-19-9-12-22-44(38)54-48(39)46/h1-30H. The van der Waals surface area contributed by atoms with Crippen LogP contribution in [-0.2, 0) is 0 Å². The second-order valence-corrected chi connectivity index (χ2v) is 15.6. The molecule has 11 rings (SSSR count). The number of nitrogens with zero attached hydrogens (tertiary/aromatic N) is 2. The predicted octanol–water partition coefficient (Wildman–Crippen LogP) is 15.0. The molecule has 0 atom stereocenters. The van der Waals surface area contributed by atoms with Gasteiger partial charge in [0, 0.05) is 68.4 Å². The van der Waals surface area contributed by atoms with Crippen LogP contribution >= 0.6 is 22.7 Å². The van der Waals surface area contributed by atoms with Gasteiger partial charge in [0.2, 0.25) is 5.89 Å². The van der Waals surface area contributed by atoms with Gasteiger partial charge in [-0.05, 0) is 77.9 Å². The van der Waals surface area contributed by atoms with Gasteiger partial charge in [-0.3, -0.25) is 0 Å². The molecule has 254 valence electrons. The van der Waals surface area contributed by atoms with Crippen LogP contribution in [0.3, 0.4) is 0 Å². The van der Waals surface area contributed by atoms with Crippen molar-refractivity contribution in [2.24, 2.45) is 0 Å². The maximum atomic E-state index is 6.56. The van der Waals surface area contributed by atoms with Crippen molar-refractivity contribution < 1.29 is 4.42 Å². The van der Waals surface area contributed by atoms with Gasteiger partial charge in [-0.1, -0.05) is 115 Å². The summed E-state index contributed by atoms with van der Waals surface area (Å²) in [5.74, 6) is 0.637. The number of rotatable bonds is 6. The fourth-order valence-electron chi connectivity index (χ4n) is 7.79. The monoisotopic (exact) mass is 726 g/mol. The number of hydrogen-bond acceptors (Lipinski definition) is 5. The summed E-state index contributed by atoms with van der Waals surface area (Å²) in [7, 11) is 0. The Morgan fingerprint density at radius 3 is 1.85 bits per heavy atom. The molecule has 5 heteroatoms. The smallest absolute Gasteiger partial charge is 0.227 e. The van der Waals surface area contributed by atoms with E-state index in [0.717, 1.165) is 50.2 Å². The van der Waals surface area contributed by atoms with E-state index in [9.17, 15) is 0 Å². The minimum Gasteiger partial charge on any atom is -0.435 e. The van der Waals surface area contributed by atoms with Crippen molar-refractivity contribution >= 4 is 91.2 Å². The summed E-state index contributed by atoms with van der Waals surface area (Å²) in [5.41, 5.74) is 10.6. The Morgan fingerprint density at radius 2 is 1.06 bits per heavy atom. The molecule has 0 fully saturated rings. The molecule has 0 spiro atoms. The Morgan fingerprint density at radius 1 is 0.444 bits per heavy atom. The highest BCUT2D eigenvalue weighted by Crippen LogP contribution is 2.47. The summed E-state index contributed by atoms with van der Waals surface area (Å²) in [6.45, 7) is 0. The van der Waals surface area contributed by atoms with Crippen molar-refractivity contribution in [1.82, 2.24) is 4.98 Å². The van der Waals surface area contributed by atoms with Gasteiger partial charge in [0.25, 0.3) is 0 Å². The fourth-order valence-corrected chi connectivity index (χ4v) is 10.1. The Kier molecular flexibility index (Phi) is 7.22. The first-order valence-corrected chi connectivity index (χ1v) is 19.7. The van der Waals surface area contributed by atoms with E-state index < -0.39 is 0 Å². The molecule has 0 N–H and O–H groups in total. The molecule has 0 amide bonds. The van der Waals surface area contributed by atoms with Gasteiger partial charge < -0.3 is 9.32 Å². The molecule has 11 aromatic rings. The molecule has 0 aliphatic carbocycles. The molecule has 54 heavy (non-hydrogen) atoms. The molecule has 3 aromatic heterocycles. The van der Waals surface area contributed by atoms with Crippen molar-refractivity contribution in [3.05, 3.63) is 182 Å². The largest absolute Gasteiger partial charge is 0.435 e. The van der Waals surface area contributed by atoms with Crippen LogP contribution < -0.4 is 4.90 Å². The number of anilines is 3. The topological polar surface area (TPSA) is 29.3 Å². The zero-order valence-electron chi connectivity index (χ0n) is 28.9. The number of benzene rings is 8. The van der Waals surface area contributed by atoms with Gasteiger partial charge in [-0.15, -0.1) is 22.7 Å². The molecule has 3 nitrogen and oxygen atoms in total. The molecule has 0 radical (unpaired) electrons. The SMILES string of the molecule is c1ccc(-c2nc3cc(-c4ccc(N(c5ccc6sc7ccccc7c6c5)c5ccccc5-c5ccccc5)cc4)c4sc5ccccc5c4c3o2)cc1. The van der Waals surface area contributed by atoms with E-state index in [0.29, 0.717) is 5.89 Å². The van der Waals surface area contributed by atoms with E-state index in [4.69, 9.17) is 9.40 Å². The maximum Gasteiger partial charge on any atom is 0.227 e. The maximum absolute atomic E-state index is 6.56. The fraction of sp³-hybridized carbons (Fsp3) is 0. The van der Waals surface area contributed by atoms with E-state index in [-0.39, 0.29) is 0 Å². The van der Waals surface area contributed by atoms with E-state index in [1.165, 1.54) is 46.1 Å². The zero-order valence-corrected chi connectivity index (χ0v) is 30.6. The second-order valence-electron chi connectivity index (χ2n) is 13.5. The third-order valence-corrected chi connectivity index (χ3v) is 12.7. The Bertz CT molecular complexity index is 3160. The first-order chi connectivity index (χ1) is 26.8. The van der Waals surface area contributed by atoms with E-state index in [1.807, 2.05) is 53.0 Å². The number of oxazole rings is 1. The number of para-hydroxylation sites is 1. The van der Waals surface area contributed by atoms with Crippen molar-refractivity contribution in [1.29, 1.82) is 0 Å². The normalized spacial score (nSPS) is 11.7. The number of thiophene rings is 2. The lowest BCUT2D eigenvalue weighted by molar-refractivity contribution is 0.623. The Labute approximate surface area is 319 Å². The summed E-state index contributed by atoms with van der Waals surface area (Å²) in [5, 5.41) is 4.88. The third kappa shape index (κ3) is 5.05. The van der Waals surface area contributed by atoms with Crippen molar-refractivity contribution in [3.8, 4) is 33.7 Å². The van der Waals surface area contributed by atoms with Crippen LogP contribution in [-0.4, -0.2) is 4.98 Å². The van der Waals surface area contributed by atoms with Crippen LogP contribution in [0, 0.1) is 0 Å². The lowest BCUT2D eigenvalue weighted by atomic mass is 9.99. The van der Waals surface area contributed by atoms with E-state index >= 15 is 0 Å². The van der Waals surface area contributed by atoms with Crippen LogP contribution in [0.15, 0.2) is 186 Å². The second kappa shape index (κ2) is 12.6. The van der Waals surface area contributed by atoms with Gasteiger partial charge in [0.15, 0.2) is 5.58 Å². The average molecular weight is 727 g/mol. The van der Waals surface area contributed by atoms with E-state index in [2.05, 4.69) is 157 Å². The van der Waals surface area contributed by atoms with Crippen molar-refractivity contribution in [2.75, 3.05) is 4.90 Å². The van der Waals surface area contributed by atoms with Gasteiger partial charge in [-0.25, -0.2) is 4.98 Å². The van der Waals surface area contributed by atoms with Crippen LogP contribution in [0.1, 0.15) is 0 Å². The minimum atomic E-state index is 0.637. The molecular formula is C49H30N2OS2. The zero-order chi connectivity index (χ0) is 35.6. The lowest BCUT2D eigenvalue weighted by Crippen LogP contribution is -2.11. The van der Waals surface area contributed by atoms with Crippen LogP contribution in [0.2, 0.25) is 0 Å². The van der Waals surface area contributed by atoms with Crippen LogP contribution in [0.5, 0.6) is 0 Å². The highest BCUT2D eigenvalue weighted by molar-refractivity contribution is 7.26. The van der Waals surface area contributed by atoms with Gasteiger partial charge in [-0.2, -0.15) is 0 Å². The summed E-state index contributed by atoms with van der Waals surface area (Å²) in [6.07, 6.45) is 0. The molecule has 0 saturated heterocycles. The first-order valence-electron chi connectivity index (χ1n) is 18.0. The van der Waals surface area contributed by atoms with Crippen molar-refractivity contribution in [2.45, 2.75) is 0 Å². The molecule has 3 heterocycles. The van der Waals surface area contributed by atoms with Gasteiger partial charge in [0.05, 0.1) is 5.69 Å². The minimum absolute atomic E-state index is 0.637. The van der Waals surface area contributed by atoms with Crippen molar-refractivity contribution in [3.63, 3.8) is 0 Å². The summed E-state index contributed by atoms with van der Waals surface area (Å²) >= 11 is 3.66. The number of fused-ring (bicyclic) bond motifs is 8. The Balaban J connectivity index is 1.10. The average Bonchev–Trinajstić information content (AvgIpc) is 3.95. The van der Waals surface area contributed by atoms with Gasteiger partial charge in [0.1, 0.15) is 5.52 Å². The van der Waals surface area contributed by atoms with Crippen LogP contribution in [0.4, 0.5) is 17.1 Å².